The van der Waals surface area contributed by atoms with Crippen molar-refractivity contribution in [2.24, 2.45) is 5.92 Å². The highest BCUT2D eigenvalue weighted by atomic mass is 16.3. The summed E-state index contributed by atoms with van der Waals surface area (Å²) >= 11 is 0. The summed E-state index contributed by atoms with van der Waals surface area (Å²) in [4.78, 5) is 12.2. The van der Waals surface area contributed by atoms with E-state index in [0.717, 1.165) is 12.1 Å². The van der Waals surface area contributed by atoms with Crippen molar-refractivity contribution in [3.63, 3.8) is 0 Å². The number of carbonyl (C=O) groups is 1. The summed E-state index contributed by atoms with van der Waals surface area (Å²) in [5.74, 6) is 0.336. The van der Waals surface area contributed by atoms with Crippen LogP contribution in [0.25, 0.3) is 0 Å². The number of aliphatic hydroxyl groups excluding tert-OH is 1. The molecule has 1 amide bonds. The molecule has 1 heterocycles. The number of amides is 1. The molecule has 1 unspecified atom stereocenters. The lowest BCUT2D eigenvalue weighted by atomic mass is 10.0. The maximum atomic E-state index is 12.2. The molecular weight excluding hydrogens is 240 g/mol. The minimum Gasteiger partial charge on any atom is -0.396 e. The van der Waals surface area contributed by atoms with E-state index < -0.39 is 0 Å². The molecule has 0 saturated carbocycles. The average Bonchev–Trinajstić information content (AvgIpc) is 2.81. The van der Waals surface area contributed by atoms with E-state index in [4.69, 9.17) is 5.11 Å². The van der Waals surface area contributed by atoms with Gasteiger partial charge < -0.3 is 15.7 Å². The van der Waals surface area contributed by atoms with Gasteiger partial charge in [0, 0.05) is 24.8 Å². The first-order valence-electron chi connectivity index (χ1n) is 6.87. The highest BCUT2D eigenvalue weighted by Crippen LogP contribution is 2.25. The number of fused-ring (bicyclic) bond motifs is 1. The van der Waals surface area contributed by atoms with Crippen molar-refractivity contribution in [2.75, 3.05) is 11.9 Å². The van der Waals surface area contributed by atoms with Crippen LogP contribution in [0.1, 0.15) is 25.8 Å². The molecule has 4 nitrogen and oxygen atoms in total. The number of anilines is 1. The van der Waals surface area contributed by atoms with Gasteiger partial charge in [0.15, 0.2) is 0 Å². The first kappa shape index (κ1) is 13.9. The molecule has 1 aromatic rings. The molecule has 4 heteroatoms. The monoisotopic (exact) mass is 262 g/mol. The Morgan fingerprint density at radius 2 is 2.21 bits per heavy atom. The number of para-hydroxylation sites is 1. The van der Waals surface area contributed by atoms with Gasteiger partial charge in [-0.15, -0.1) is 0 Å². The standard InChI is InChI=1S/C15H22N2O2/c1-10(2)12(7-8-18)17-15(19)14-9-11-5-3-4-6-13(11)16-14/h3-6,10,12,14,16,18H,7-9H2,1-2H3,(H,17,19)/t12?,14-/m0/s1. The van der Waals surface area contributed by atoms with Gasteiger partial charge in [0.25, 0.3) is 0 Å². The van der Waals surface area contributed by atoms with Crippen LogP contribution in [0.5, 0.6) is 0 Å². The van der Waals surface area contributed by atoms with Gasteiger partial charge in [-0.25, -0.2) is 0 Å². The van der Waals surface area contributed by atoms with E-state index in [1.807, 2.05) is 24.3 Å². The molecule has 2 rings (SSSR count). The molecule has 1 aliphatic rings. The van der Waals surface area contributed by atoms with Gasteiger partial charge in [-0.05, 0) is 24.0 Å². The van der Waals surface area contributed by atoms with Crippen molar-refractivity contribution in [3.05, 3.63) is 29.8 Å². The van der Waals surface area contributed by atoms with Gasteiger partial charge in [0.2, 0.25) is 5.91 Å². The first-order chi connectivity index (χ1) is 9.11. The van der Waals surface area contributed by atoms with Crippen LogP contribution in [-0.2, 0) is 11.2 Å². The van der Waals surface area contributed by atoms with Crippen LogP contribution >= 0.6 is 0 Å². The Balaban J connectivity index is 1.95. The number of hydrogen-bond donors (Lipinski definition) is 3. The van der Waals surface area contributed by atoms with Gasteiger partial charge in [0.1, 0.15) is 6.04 Å². The van der Waals surface area contributed by atoms with Crippen molar-refractivity contribution in [2.45, 2.75) is 38.8 Å². The summed E-state index contributed by atoms with van der Waals surface area (Å²) in [6, 6.07) is 7.83. The SMILES string of the molecule is CC(C)C(CCO)NC(=O)[C@@H]1Cc2ccccc2N1. The molecule has 0 bridgehead atoms. The van der Waals surface area contributed by atoms with Crippen LogP contribution in [0, 0.1) is 5.92 Å². The predicted molar refractivity (Wildman–Crippen MR) is 76.0 cm³/mol. The van der Waals surface area contributed by atoms with Gasteiger partial charge in [-0.1, -0.05) is 32.0 Å². The summed E-state index contributed by atoms with van der Waals surface area (Å²) < 4.78 is 0. The Labute approximate surface area is 114 Å². The lowest BCUT2D eigenvalue weighted by Crippen LogP contribution is -2.46. The van der Waals surface area contributed by atoms with Crippen LogP contribution in [0.4, 0.5) is 5.69 Å². The zero-order valence-electron chi connectivity index (χ0n) is 11.5. The van der Waals surface area contributed by atoms with Gasteiger partial charge in [-0.3, -0.25) is 4.79 Å². The van der Waals surface area contributed by atoms with Crippen LogP contribution < -0.4 is 10.6 Å². The first-order valence-corrected chi connectivity index (χ1v) is 6.87. The highest BCUT2D eigenvalue weighted by molar-refractivity contribution is 5.87. The van der Waals surface area contributed by atoms with E-state index in [-0.39, 0.29) is 24.6 Å². The second-order valence-corrected chi connectivity index (χ2v) is 5.43. The van der Waals surface area contributed by atoms with Crippen LogP contribution in [-0.4, -0.2) is 29.7 Å². The molecule has 1 aliphatic heterocycles. The number of hydrogen-bond acceptors (Lipinski definition) is 3. The molecule has 0 fully saturated rings. The topological polar surface area (TPSA) is 61.4 Å². The number of carbonyl (C=O) groups excluding carboxylic acids is 1. The van der Waals surface area contributed by atoms with E-state index >= 15 is 0 Å². The fourth-order valence-electron chi connectivity index (χ4n) is 2.45. The molecule has 0 aromatic heterocycles. The van der Waals surface area contributed by atoms with E-state index in [2.05, 4.69) is 24.5 Å². The zero-order chi connectivity index (χ0) is 13.8. The number of aliphatic hydroxyl groups is 1. The third-order valence-corrected chi connectivity index (χ3v) is 3.66. The average molecular weight is 262 g/mol. The number of nitrogens with one attached hydrogen (secondary N) is 2. The minimum absolute atomic E-state index is 0.0170. The van der Waals surface area contributed by atoms with Crippen molar-refractivity contribution >= 4 is 11.6 Å². The second-order valence-electron chi connectivity index (χ2n) is 5.43. The van der Waals surface area contributed by atoms with E-state index in [1.165, 1.54) is 5.56 Å². The predicted octanol–water partition coefficient (Wildman–Crippen LogP) is 1.55. The van der Waals surface area contributed by atoms with Crippen LogP contribution in [0.15, 0.2) is 24.3 Å². The largest absolute Gasteiger partial charge is 0.396 e. The lowest BCUT2D eigenvalue weighted by molar-refractivity contribution is -0.122. The fourth-order valence-corrected chi connectivity index (χ4v) is 2.45. The Morgan fingerprint density at radius 3 is 2.84 bits per heavy atom. The van der Waals surface area contributed by atoms with Gasteiger partial charge in [-0.2, -0.15) is 0 Å². The molecule has 0 spiro atoms. The molecule has 19 heavy (non-hydrogen) atoms. The van der Waals surface area contributed by atoms with Crippen molar-refractivity contribution in [3.8, 4) is 0 Å². The second kappa shape index (κ2) is 6.06. The molecule has 1 aromatic carbocycles. The molecule has 0 radical (unpaired) electrons. The Hall–Kier alpha value is -1.55. The Kier molecular flexibility index (Phi) is 4.43. The third kappa shape index (κ3) is 3.26. The van der Waals surface area contributed by atoms with E-state index in [9.17, 15) is 4.79 Å². The third-order valence-electron chi connectivity index (χ3n) is 3.66. The summed E-state index contributed by atoms with van der Waals surface area (Å²) in [6.07, 6.45) is 1.33. The Morgan fingerprint density at radius 1 is 1.47 bits per heavy atom. The van der Waals surface area contributed by atoms with Gasteiger partial charge in [0.05, 0.1) is 0 Å². The molecule has 104 valence electrons. The lowest BCUT2D eigenvalue weighted by Gasteiger charge is -2.23. The summed E-state index contributed by atoms with van der Waals surface area (Å²) in [7, 11) is 0. The fraction of sp³-hybridized carbons (Fsp3) is 0.533. The maximum absolute atomic E-state index is 12.2. The minimum atomic E-state index is -0.197. The Bertz CT molecular complexity index is 421. The quantitative estimate of drug-likeness (QED) is 0.754. The van der Waals surface area contributed by atoms with Crippen molar-refractivity contribution < 1.29 is 9.90 Å². The maximum Gasteiger partial charge on any atom is 0.243 e. The molecule has 2 atom stereocenters. The summed E-state index contributed by atoms with van der Waals surface area (Å²) in [5.41, 5.74) is 2.23. The molecule has 0 aliphatic carbocycles. The molecular formula is C15H22N2O2. The normalized spacial score (nSPS) is 18.8. The number of rotatable bonds is 5. The smallest absolute Gasteiger partial charge is 0.243 e. The van der Waals surface area contributed by atoms with Crippen LogP contribution in [0.2, 0.25) is 0 Å². The zero-order valence-corrected chi connectivity index (χ0v) is 11.5. The molecule has 0 saturated heterocycles. The van der Waals surface area contributed by atoms with Crippen molar-refractivity contribution in [1.29, 1.82) is 0 Å². The van der Waals surface area contributed by atoms with Gasteiger partial charge >= 0.3 is 0 Å². The van der Waals surface area contributed by atoms with Crippen LogP contribution in [0.3, 0.4) is 0 Å². The van der Waals surface area contributed by atoms with Crippen molar-refractivity contribution in [1.82, 2.24) is 5.32 Å². The van der Waals surface area contributed by atoms with E-state index in [0.29, 0.717) is 12.3 Å². The highest BCUT2D eigenvalue weighted by Gasteiger charge is 2.28. The molecule has 3 N–H and O–H groups in total. The summed E-state index contributed by atoms with van der Waals surface area (Å²) in [5, 5.41) is 15.3. The number of benzene rings is 1. The summed E-state index contributed by atoms with van der Waals surface area (Å²) in [6.45, 7) is 4.20. The van der Waals surface area contributed by atoms with E-state index in [1.54, 1.807) is 0 Å².